The molecule has 0 aliphatic heterocycles. The average molecular weight is 200 g/mol. The Morgan fingerprint density at radius 1 is 1.62 bits per heavy atom. The zero-order valence-electron chi connectivity index (χ0n) is 6.73. The van der Waals surface area contributed by atoms with Crippen LogP contribution in [0, 0.1) is 10.1 Å². The average Bonchev–Trinajstić information content (AvgIpc) is 2.52. The maximum atomic E-state index is 11.2. The zero-order valence-corrected chi connectivity index (χ0v) is 7.54. The molecule has 0 fully saturated rings. The third-order valence-electron chi connectivity index (χ3n) is 1.42. The fourth-order valence-electron chi connectivity index (χ4n) is 0.830. The molecule has 0 saturated carbocycles. The fourth-order valence-corrected chi connectivity index (χ4v) is 1.62. The van der Waals surface area contributed by atoms with Gasteiger partial charge in [0, 0.05) is 12.5 Å². The molecule has 70 valence electrons. The van der Waals surface area contributed by atoms with Crippen molar-refractivity contribution in [1.82, 2.24) is 0 Å². The number of thiophene rings is 1. The first-order chi connectivity index (χ1) is 6.15. The number of ketones is 1. The number of rotatable bonds is 4. The van der Waals surface area contributed by atoms with Crippen molar-refractivity contribution in [3.8, 4) is 0 Å². The van der Waals surface area contributed by atoms with Gasteiger partial charge in [0.2, 0.25) is 0 Å². The van der Waals surface area contributed by atoms with Crippen LogP contribution >= 0.6 is 11.3 Å². The predicted molar refractivity (Wildman–Crippen MR) is 49.0 cm³/mol. The number of nitro groups is 1. The monoisotopic (exact) mass is 200 g/mol. The Morgan fingerprint density at radius 2 is 2.31 bits per heavy atom. The van der Waals surface area contributed by atoms with E-state index < -0.39 is 4.92 Å². The van der Waals surface area contributed by atoms with Gasteiger partial charge in [0.05, 0.1) is 9.80 Å². The van der Waals surface area contributed by atoms with Gasteiger partial charge in [0.1, 0.15) is 0 Å². The van der Waals surface area contributed by atoms with Gasteiger partial charge in [-0.05, 0) is 12.6 Å². The molecule has 0 bridgehead atoms. The van der Waals surface area contributed by atoms with Crippen molar-refractivity contribution in [2.24, 2.45) is 5.73 Å². The molecule has 5 nitrogen and oxygen atoms in total. The molecule has 0 aromatic carbocycles. The summed E-state index contributed by atoms with van der Waals surface area (Å²) in [5.74, 6) is -0.138. The van der Waals surface area contributed by atoms with E-state index in [0.29, 0.717) is 4.88 Å². The maximum Gasteiger partial charge on any atom is 0.324 e. The van der Waals surface area contributed by atoms with E-state index >= 15 is 0 Å². The highest BCUT2D eigenvalue weighted by atomic mass is 32.1. The van der Waals surface area contributed by atoms with Gasteiger partial charge < -0.3 is 5.73 Å². The summed E-state index contributed by atoms with van der Waals surface area (Å²) in [6.07, 6.45) is 0.234. The number of hydrogen-bond donors (Lipinski definition) is 1. The molecule has 0 atom stereocenters. The summed E-state index contributed by atoms with van der Waals surface area (Å²) < 4.78 is 0. The first-order valence-corrected chi connectivity index (χ1v) is 4.44. The quantitative estimate of drug-likeness (QED) is 0.449. The Bertz CT molecular complexity index is 334. The Hall–Kier alpha value is -1.27. The van der Waals surface area contributed by atoms with E-state index in [2.05, 4.69) is 0 Å². The number of nitrogens with two attached hydrogens (primary N) is 1. The Balaban J connectivity index is 2.79. The Labute approximate surface area is 78.3 Å². The summed E-state index contributed by atoms with van der Waals surface area (Å²) in [6, 6.07) is 2.79. The highest BCUT2D eigenvalue weighted by molar-refractivity contribution is 7.17. The maximum absolute atomic E-state index is 11.2. The topological polar surface area (TPSA) is 86.2 Å². The van der Waals surface area contributed by atoms with Gasteiger partial charge in [0.25, 0.3) is 0 Å². The van der Waals surface area contributed by atoms with E-state index in [1.807, 2.05) is 0 Å². The third kappa shape index (κ3) is 2.33. The van der Waals surface area contributed by atoms with E-state index in [1.165, 1.54) is 12.1 Å². The van der Waals surface area contributed by atoms with Crippen LogP contribution in [-0.4, -0.2) is 17.3 Å². The van der Waals surface area contributed by atoms with Crippen molar-refractivity contribution in [2.75, 3.05) is 6.54 Å². The minimum Gasteiger partial charge on any atom is -0.330 e. The molecule has 0 radical (unpaired) electrons. The molecular formula is C7H8N2O3S. The van der Waals surface area contributed by atoms with Gasteiger partial charge >= 0.3 is 5.00 Å². The lowest BCUT2D eigenvalue weighted by atomic mass is 10.2. The van der Waals surface area contributed by atoms with Crippen LogP contribution in [-0.2, 0) is 0 Å². The molecule has 1 heterocycles. The summed E-state index contributed by atoms with van der Waals surface area (Å²) >= 11 is 0.885. The van der Waals surface area contributed by atoms with Gasteiger partial charge in [-0.2, -0.15) is 0 Å². The third-order valence-corrected chi connectivity index (χ3v) is 2.50. The minimum atomic E-state index is -0.510. The van der Waals surface area contributed by atoms with Gasteiger partial charge in [-0.3, -0.25) is 14.9 Å². The molecular weight excluding hydrogens is 192 g/mol. The lowest BCUT2D eigenvalue weighted by molar-refractivity contribution is -0.380. The highest BCUT2D eigenvalue weighted by Crippen LogP contribution is 2.24. The lowest BCUT2D eigenvalue weighted by Crippen LogP contribution is -2.06. The van der Waals surface area contributed by atoms with Crippen molar-refractivity contribution >= 4 is 22.1 Å². The SMILES string of the molecule is NCCC(=O)c1ccc([N+](=O)[O-])s1. The van der Waals surface area contributed by atoms with Crippen LogP contribution in [0.2, 0.25) is 0 Å². The highest BCUT2D eigenvalue weighted by Gasteiger charge is 2.13. The van der Waals surface area contributed by atoms with Crippen LogP contribution in [0.15, 0.2) is 12.1 Å². The molecule has 1 rings (SSSR count). The van der Waals surface area contributed by atoms with Crippen molar-refractivity contribution in [1.29, 1.82) is 0 Å². The van der Waals surface area contributed by atoms with Crippen LogP contribution < -0.4 is 5.73 Å². The largest absolute Gasteiger partial charge is 0.330 e. The first kappa shape index (κ1) is 9.82. The van der Waals surface area contributed by atoms with Crippen LogP contribution in [0.25, 0.3) is 0 Å². The predicted octanol–water partition coefficient (Wildman–Crippen LogP) is 1.19. The fraction of sp³-hybridized carbons (Fsp3) is 0.286. The van der Waals surface area contributed by atoms with Gasteiger partial charge in [-0.1, -0.05) is 11.3 Å². The molecule has 0 saturated heterocycles. The molecule has 0 spiro atoms. The van der Waals surface area contributed by atoms with Gasteiger partial charge in [-0.15, -0.1) is 0 Å². The summed E-state index contributed by atoms with van der Waals surface area (Å²) in [5, 5.41) is 10.3. The smallest absolute Gasteiger partial charge is 0.324 e. The van der Waals surface area contributed by atoms with Crippen molar-refractivity contribution < 1.29 is 9.72 Å². The first-order valence-electron chi connectivity index (χ1n) is 3.62. The molecule has 0 amide bonds. The number of Topliss-reactive ketones (excluding diaryl/α,β-unsaturated/α-hetero) is 1. The van der Waals surface area contributed by atoms with Gasteiger partial charge in [-0.25, -0.2) is 0 Å². The molecule has 2 N–H and O–H groups in total. The second kappa shape index (κ2) is 4.11. The van der Waals surface area contributed by atoms with Crippen molar-refractivity contribution in [2.45, 2.75) is 6.42 Å². The number of nitrogens with zero attached hydrogens (tertiary/aromatic N) is 1. The number of carbonyl (C=O) groups excluding carboxylic acids is 1. The van der Waals surface area contributed by atoms with Crippen LogP contribution in [0.1, 0.15) is 16.1 Å². The van der Waals surface area contributed by atoms with Crippen LogP contribution in [0.4, 0.5) is 5.00 Å². The van der Waals surface area contributed by atoms with E-state index in [-0.39, 0.29) is 23.7 Å². The van der Waals surface area contributed by atoms with E-state index in [4.69, 9.17) is 5.73 Å². The van der Waals surface area contributed by atoms with Crippen molar-refractivity contribution in [3.05, 3.63) is 27.1 Å². The zero-order chi connectivity index (χ0) is 9.84. The second-order valence-corrected chi connectivity index (χ2v) is 3.42. The molecule has 0 aliphatic carbocycles. The second-order valence-electron chi connectivity index (χ2n) is 2.36. The van der Waals surface area contributed by atoms with Crippen LogP contribution in [0.3, 0.4) is 0 Å². The molecule has 6 heteroatoms. The summed E-state index contributed by atoms with van der Waals surface area (Å²) in [4.78, 5) is 21.4. The van der Waals surface area contributed by atoms with Crippen molar-refractivity contribution in [3.63, 3.8) is 0 Å². The molecule has 0 aliphatic rings. The van der Waals surface area contributed by atoms with E-state index in [0.717, 1.165) is 11.3 Å². The van der Waals surface area contributed by atoms with E-state index in [9.17, 15) is 14.9 Å². The summed E-state index contributed by atoms with van der Waals surface area (Å²) in [5.41, 5.74) is 5.18. The molecule has 0 unspecified atom stereocenters. The van der Waals surface area contributed by atoms with Gasteiger partial charge in [0.15, 0.2) is 5.78 Å². The number of hydrogen-bond acceptors (Lipinski definition) is 5. The standard InChI is InChI=1S/C7H8N2O3S/c8-4-3-5(10)6-1-2-7(13-6)9(11)12/h1-2H,3-4,8H2. The molecule has 13 heavy (non-hydrogen) atoms. The summed E-state index contributed by atoms with van der Waals surface area (Å²) in [6.45, 7) is 0.268. The molecule has 1 aromatic rings. The summed E-state index contributed by atoms with van der Waals surface area (Å²) in [7, 11) is 0. The minimum absolute atomic E-state index is 0.0135. The molecule has 1 aromatic heterocycles. The normalized spacial score (nSPS) is 9.92. The number of carbonyl (C=O) groups is 1. The lowest BCUT2D eigenvalue weighted by Gasteiger charge is -1.90. The van der Waals surface area contributed by atoms with Crippen LogP contribution in [0.5, 0.6) is 0 Å². The van der Waals surface area contributed by atoms with E-state index in [1.54, 1.807) is 0 Å². The Kier molecular flexibility index (Phi) is 3.10. The Morgan fingerprint density at radius 3 is 2.77 bits per heavy atom.